The number of amides is 2. The van der Waals surface area contributed by atoms with Crippen LogP contribution in [0.4, 0.5) is 15.8 Å². The first-order valence-electron chi connectivity index (χ1n) is 9.46. The van der Waals surface area contributed by atoms with Gasteiger partial charge in [0.25, 0.3) is 11.8 Å². The first-order valence-corrected chi connectivity index (χ1v) is 9.46. The second-order valence-electron chi connectivity index (χ2n) is 6.76. The number of ether oxygens (including phenoxy) is 2. The summed E-state index contributed by atoms with van der Waals surface area (Å²) in [6, 6.07) is 19.1. The minimum absolute atomic E-state index is 0.0904. The zero-order chi connectivity index (χ0) is 22.0. The fourth-order valence-corrected chi connectivity index (χ4v) is 3.36. The van der Waals surface area contributed by atoms with Gasteiger partial charge in [-0.25, -0.2) is 9.29 Å². The molecule has 7 heteroatoms. The van der Waals surface area contributed by atoms with E-state index in [0.717, 1.165) is 4.90 Å². The Labute approximate surface area is 178 Å². The zero-order valence-corrected chi connectivity index (χ0v) is 16.9. The Bertz CT molecular complexity index is 1190. The van der Waals surface area contributed by atoms with E-state index in [1.807, 2.05) is 0 Å². The molecule has 2 amide bonds. The standard InChI is InChI=1S/C24H19FN2O4/c1-30-19-7-3-5-17(13-19)26-22-21(15-9-11-16(25)12-10-15)23(28)27(24(22)29)18-6-4-8-20(14-18)31-2/h3-14,26H,1-2H3. The Kier molecular flexibility index (Phi) is 5.41. The third kappa shape index (κ3) is 3.85. The highest BCUT2D eigenvalue weighted by Gasteiger charge is 2.40. The molecule has 0 spiro atoms. The molecule has 6 nitrogen and oxygen atoms in total. The first-order chi connectivity index (χ1) is 15.0. The van der Waals surface area contributed by atoms with E-state index in [9.17, 15) is 14.0 Å². The van der Waals surface area contributed by atoms with Crippen molar-refractivity contribution >= 4 is 28.8 Å². The number of carbonyl (C=O) groups excluding carboxylic acids is 2. The molecular weight excluding hydrogens is 399 g/mol. The number of hydrogen-bond donors (Lipinski definition) is 1. The number of benzene rings is 3. The number of imide groups is 1. The van der Waals surface area contributed by atoms with Crippen LogP contribution in [0, 0.1) is 5.82 Å². The maximum absolute atomic E-state index is 13.5. The molecule has 0 aromatic heterocycles. The molecule has 1 aliphatic heterocycles. The summed E-state index contributed by atoms with van der Waals surface area (Å²) in [5.74, 6) is -0.380. The molecule has 0 atom stereocenters. The van der Waals surface area contributed by atoms with Gasteiger partial charge >= 0.3 is 0 Å². The number of carbonyl (C=O) groups is 2. The average Bonchev–Trinajstić information content (AvgIpc) is 3.04. The van der Waals surface area contributed by atoms with Gasteiger partial charge < -0.3 is 14.8 Å². The van der Waals surface area contributed by atoms with E-state index in [0.29, 0.717) is 28.4 Å². The van der Waals surface area contributed by atoms with Crippen molar-refractivity contribution in [1.29, 1.82) is 0 Å². The van der Waals surface area contributed by atoms with Crippen LogP contribution in [0.5, 0.6) is 11.5 Å². The van der Waals surface area contributed by atoms with Crippen LogP contribution < -0.4 is 19.7 Å². The third-order valence-electron chi connectivity index (χ3n) is 4.87. The highest BCUT2D eigenvalue weighted by Crippen LogP contribution is 2.35. The summed E-state index contributed by atoms with van der Waals surface area (Å²) < 4.78 is 23.9. The van der Waals surface area contributed by atoms with Gasteiger partial charge in [0.1, 0.15) is 23.0 Å². The van der Waals surface area contributed by atoms with Crippen molar-refractivity contribution in [1.82, 2.24) is 0 Å². The lowest BCUT2D eigenvalue weighted by molar-refractivity contribution is -0.120. The SMILES string of the molecule is COc1cccc(NC2=C(c3ccc(F)cc3)C(=O)N(c3cccc(OC)c3)C2=O)c1. The molecule has 0 radical (unpaired) electrons. The molecule has 3 aromatic rings. The van der Waals surface area contributed by atoms with Crippen molar-refractivity contribution < 1.29 is 23.5 Å². The number of halogens is 1. The van der Waals surface area contributed by atoms with E-state index >= 15 is 0 Å². The van der Waals surface area contributed by atoms with Crippen molar-refractivity contribution in [3.63, 3.8) is 0 Å². The van der Waals surface area contributed by atoms with Gasteiger partial charge in [-0.05, 0) is 42.0 Å². The van der Waals surface area contributed by atoms with Crippen molar-refractivity contribution in [2.75, 3.05) is 24.4 Å². The highest BCUT2D eigenvalue weighted by atomic mass is 19.1. The maximum atomic E-state index is 13.5. The van der Waals surface area contributed by atoms with Crippen molar-refractivity contribution in [3.05, 3.63) is 89.9 Å². The zero-order valence-electron chi connectivity index (χ0n) is 16.9. The number of rotatable bonds is 6. The molecular formula is C24H19FN2O4. The van der Waals surface area contributed by atoms with Crippen LogP contribution in [-0.4, -0.2) is 26.0 Å². The molecule has 3 aromatic carbocycles. The van der Waals surface area contributed by atoms with E-state index in [1.165, 1.54) is 38.5 Å². The summed E-state index contributed by atoms with van der Waals surface area (Å²) in [5, 5.41) is 3.05. The minimum Gasteiger partial charge on any atom is -0.497 e. The normalized spacial score (nSPS) is 13.6. The molecule has 156 valence electrons. The largest absolute Gasteiger partial charge is 0.497 e. The second kappa shape index (κ2) is 8.31. The fraction of sp³-hybridized carbons (Fsp3) is 0.0833. The number of anilines is 2. The molecule has 0 saturated heterocycles. The lowest BCUT2D eigenvalue weighted by Gasteiger charge is -2.16. The van der Waals surface area contributed by atoms with Crippen LogP contribution in [0.15, 0.2) is 78.5 Å². The predicted octanol–water partition coefficient (Wildman–Crippen LogP) is 4.24. The molecule has 4 rings (SSSR count). The van der Waals surface area contributed by atoms with Gasteiger partial charge in [-0.1, -0.05) is 24.3 Å². The van der Waals surface area contributed by atoms with Crippen LogP contribution in [0.3, 0.4) is 0 Å². The van der Waals surface area contributed by atoms with Crippen LogP contribution in [-0.2, 0) is 9.59 Å². The number of nitrogens with zero attached hydrogens (tertiary/aromatic N) is 1. The molecule has 31 heavy (non-hydrogen) atoms. The van der Waals surface area contributed by atoms with Crippen LogP contribution in [0.2, 0.25) is 0 Å². The fourth-order valence-electron chi connectivity index (χ4n) is 3.36. The smallest absolute Gasteiger partial charge is 0.282 e. The molecule has 0 unspecified atom stereocenters. The maximum Gasteiger partial charge on any atom is 0.282 e. The monoisotopic (exact) mass is 418 g/mol. The average molecular weight is 418 g/mol. The number of methoxy groups -OCH3 is 2. The topological polar surface area (TPSA) is 67.9 Å². The molecule has 0 bridgehead atoms. The Morgan fingerprint density at radius 2 is 1.45 bits per heavy atom. The highest BCUT2D eigenvalue weighted by molar-refractivity contribution is 6.46. The van der Waals surface area contributed by atoms with Crippen LogP contribution in [0.1, 0.15) is 5.56 Å². The van der Waals surface area contributed by atoms with E-state index < -0.39 is 17.6 Å². The molecule has 0 saturated carbocycles. The summed E-state index contributed by atoms with van der Waals surface area (Å²) in [6.07, 6.45) is 0. The lowest BCUT2D eigenvalue weighted by atomic mass is 10.0. The van der Waals surface area contributed by atoms with Gasteiger partial charge in [0.05, 0.1) is 25.5 Å². The second-order valence-corrected chi connectivity index (χ2v) is 6.76. The van der Waals surface area contributed by atoms with E-state index in [2.05, 4.69) is 5.32 Å². The van der Waals surface area contributed by atoms with Gasteiger partial charge in [-0.3, -0.25) is 9.59 Å². The van der Waals surface area contributed by atoms with Gasteiger partial charge in [0.15, 0.2) is 0 Å². The summed E-state index contributed by atoms with van der Waals surface area (Å²) in [5.41, 5.74) is 1.61. The third-order valence-corrected chi connectivity index (χ3v) is 4.87. The van der Waals surface area contributed by atoms with E-state index in [4.69, 9.17) is 9.47 Å². The summed E-state index contributed by atoms with van der Waals surface area (Å²) in [7, 11) is 3.04. The molecule has 1 aliphatic rings. The Balaban J connectivity index is 1.81. The Hall–Kier alpha value is -4.13. The number of nitrogens with one attached hydrogen (secondary N) is 1. The van der Waals surface area contributed by atoms with Crippen molar-refractivity contribution in [2.24, 2.45) is 0 Å². The Morgan fingerprint density at radius 3 is 2.13 bits per heavy atom. The molecule has 0 aliphatic carbocycles. The predicted molar refractivity (Wildman–Crippen MR) is 115 cm³/mol. The molecule has 1 heterocycles. The van der Waals surface area contributed by atoms with Gasteiger partial charge in [-0.15, -0.1) is 0 Å². The van der Waals surface area contributed by atoms with E-state index in [1.54, 1.807) is 48.5 Å². The van der Waals surface area contributed by atoms with Crippen molar-refractivity contribution in [3.8, 4) is 11.5 Å². The summed E-state index contributed by atoms with van der Waals surface area (Å²) in [6.45, 7) is 0. The minimum atomic E-state index is -0.527. The summed E-state index contributed by atoms with van der Waals surface area (Å²) in [4.78, 5) is 27.8. The molecule has 0 fully saturated rings. The summed E-state index contributed by atoms with van der Waals surface area (Å²) >= 11 is 0. The quantitative estimate of drug-likeness (QED) is 0.607. The van der Waals surface area contributed by atoms with Crippen molar-refractivity contribution in [2.45, 2.75) is 0 Å². The first kappa shape index (κ1) is 20.2. The van der Waals surface area contributed by atoms with Gasteiger partial charge in [0, 0.05) is 17.8 Å². The van der Waals surface area contributed by atoms with Gasteiger partial charge in [0.2, 0.25) is 0 Å². The molecule has 1 N–H and O–H groups in total. The van der Waals surface area contributed by atoms with Crippen LogP contribution in [0.25, 0.3) is 5.57 Å². The van der Waals surface area contributed by atoms with Crippen LogP contribution >= 0.6 is 0 Å². The van der Waals surface area contributed by atoms with Gasteiger partial charge in [-0.2, -0.15) is 0 Å². The Morgan fingerprint density at radius 1 is 0.806 bits per heavy atom. The van der Waals surface area contributed by atoms with E-state index in [-0.39, 0.29) is 11.3 Å². The lowest BCUT2D eigenvalue weighted by Crippen LogP contribution is -2.32. The number of hydrogen-bond acceptors (Lipinski definition) is 5.